The molecule has 7 atom stereocenters. The Morgan fingerprint density at radius 3 is 2.46 bits per heavy atom. The van der Waals surface area contributed by atoms with Crippen molar-refractivity contribution < 1.29 is 38.9 Å². The number of carbonyl (C=O) groups is 5. The molecule has 9 heteroatoms. The van der Waals surface area contributed by atoms with E-state index in [-0.39, 0.29) is 54.0 Å². The van der Waals surface area contributed by atoms with E-state index in [4.69, 9.17) is 9.84 Å². The summed E-state index contributed by atoms with van der Waals surface area (Å²) in [5.74, 6) is -3.38. The van der Waals surface area contributed by atoms with Crippen molar-refractivity contribution in [2.45, 2.75) is 77.9 Å². The SMILES string of the molecule is C=C1C(=O)C23C(OC(=O)CCC(=O)NCC(=O)O)C[C@@H]4C(C)(C)C(=O)CC[C@@]4(C)C2CCC1C3O. The minimum Gasteiger partial charge on any atom is -0.480 e. The van der Waals surface area contributed by atoms with Crippen molar-refractivity contribution in [3.05, 3.63) is 12.2 Å². The summed E-state index contributed by atoms with van der Waals surface area (Å²) in [6.45, 7) is 9.38. The lowest BCUT2D eigenvalue weighted by Crippen LogP contribution is -2.68. The summed E-state index contributed by atoms with van der Waals surface area (Å²) < 4.78 is 5.90. The monoisotopic (exact) mass is 489 g/mol. The third-order valence-electron chi connectivity index (χ3n) is 9.67. The quantitative estimate of drug-likeness (QED) is 0.378. The first-order chi connectivity index (χ1) is 16.3. The molecule has 4 rings (SSSR count). The highest BCUT2D eigenvalue weighted by Crippen LogP contribution is 2.71. The van der Waals surface area contributed by atoms with E-state index in [1.54, 1.807) is 0 Å². The van der Waals surface area contributed by atoms with Crippen LogP contribution in [0.15, 0.2) is 12.2 Å². The summed E-state index contributed by atoms with van der Waals surface area (Å²) in [5.41, 5.74) is -1.98. The van der Waals surface area contributed by atoms with Crippen LogP contribution in [0.3, 0.4) is 0 Å². The number of carboxylic acid groups (broad SMARTS) is 1. The largest absolute Gasteiger partial charge is 0.480 e. The van der Waals surface area contributed by atoms with Gasteiger partial charge in [0.1, 0.15) is 18.4 Å². The fraction of sp³-hybridized carbons (Fsp3) is 0.731. The van der Waals surface area contributed by atoms with E-state index in [2.05, 4.69) is 18.8 Å². The molecule has 0 aromatic heterocycles. The maximum atomic E-state index is 13.8. The Balaban J connectivity index is 1.65. The number of fused-ring (bicyclic) bond motifs is 3. The Kier molecular flexibility index (Phi) is 6.23. The van der Waals surface area contributed by atoms with E-state index >= 15 is 0 Å². The van der Waals surface area contributed by atoms with Gasteiger partial charge in [-0.1, -0.05) is 27.4 Å². The van der Waals surface area contributed by atoms with Gasteiger partial charge in [-0.25, -0.2) is 0 Å². The lowest BCUT2D eigenvalue weighted by molar-refractivity contribution is -0.231. The summed E-state index contributed by atoms with van der Waals surface area (Å²) >= 11 is 0. The molecule has 9 nitrogen and oxygen atoms in total. The fourth-order valence-electron chi connectivity index (χ4n) is 7.95. The number of hydrogen-bond donors (Lipinski definition) is 3. The second-order valence-electron chi connectivity index (χ2n) is 11.6. The Morgan fingerprint density at radius 2 is 1.80 bits per heavy atom. The first kappa shape index (κ1) is 25.5. The van der Waals surface area contributed by atoms with E-state index in [0.717, 1.165) is 0 Å². The molecule has 1 spiro atoms. The molecule has 35 heavy (non-hydrogen) atoms. The Bertz CT molecular complexity index is 1000. The maximum Gasteiger partial charge on any atom is 0.322 e. The Labute approximate surface area is 204 Å². The van der Waals surface area contributed by atoms with Gasteiger partial charge < -0.3 is 20.3 Å². The van der Waals surface area contributed by atoms with Crippen LogP contribution < -0.4 is 5.32 Å². The van der Waals surface area contributed by atoms with Crippen LogP contribution in [0.2, 0.25) is 0 Å². The fourth-order valence-corrected chi connectivity index (χ4v) is 7.95. The molecular formula is C26H35NO8. The molecule has 5 unspecified atom stereocenters. The number of rotatable bonds is 6. The summed E-state index contributed by atoms with van der Waals surface area (Å²) in [5, 5.41) is 22.4. The second-order valence-corrected chi connectivity index (χ2v) is 11.6. The van der Waals surface area contributed by atoms with E-state index < -0.39 is 47.4 Å². The van der Waals surface area contributed by atoms with Crippen LogP contribution in [0, 0.1) is 34.0 Å². The predicted octanol–water partition coefficient (Wildman–Crippen LogP) is 1.81. The summed E-state index contributed by atoms with van der Waals surface area (Å²) in [4.78, 5) is 62.0. The highest BCUT2D eigenvalue weighted by molar-refractivity contribution is 6.04. The van der Waals surface area contributed by atoms with E-state index in [1.165, 1.54) is 0 Å². The van der Waals surface area contributed by atoms with Crippen molar-refractivity contribution in [3.63, 3.8) is 0 Å². The highest BCUT2D eigenvalue weighted by atomic mass is 16.5. The molecule has 4 aliphatic carbocycles. The number of hydrogen-bond acceptors (Lipinski definition) is 7. The van der Waals surface area contributed by atoms with Crippen LogP contribution in [0.1, 0.15) is 65.7 Å². The van der Waals surface area contributed by atoms with Crippen molar-refractivity contribution in [2.24, 2.45) is 34.0 Å². The standard InChI is InChI=1S/C26H35NO8/c1-13-14-5-6-15-25(4)10-9-17(28)24(2,3)16(25)11-18(26(15,22(13)33)23(14)34)35-21(32)8-7-19(29)27-12-20(30)31/h14-16,18,23,34H,1,5-12H2,2-4H3,(H,27,29)(H,30,31)/t14?,15?,16-,18?,23?,25+,26?/m1/s1. The first-order valence-corrected chi connectivity index (χ1v) is 12.4. The first-order valence-electron chi connectivity index (χ1n) is 12.4. The number of aliphatic hydroxyl groups excluding tert-OH is 1. The van der Waals surface area contributed by atoms with Crippen molar-refractivity contribution >= 4 is 29.4 Å². The molecule has 4 saturated carbocycles. The Hall–Kier alpha value is -2.55. The van der Waals surface area contributed by atoms with Gasteiger partial charge in [0.2, 0.25) is 5.91 Å². The minimum atomic E-state index is -1.30. The molecule has 0 heterocycles. The molecular weight excluding hydrogens is 454 g/mol. The van der Waals surface area contributed by atoms with E-state index in [9.17, 15) is 29.1 Å². The van der Waals surface area contributed by atoms with Crippen LogP contribution in [0.25, 0.3) is 0 Å². The number of ether oxygens (including phenoxy) is 1. The number of nitrogens with one attached hydrogen (secondary N) is 1. The third kappa shape index (κ3) is 3.65. The van der Waals surface area contributed by atoms with Gasteiger partial charge in [-0.2, -0.15) is 0 Å². The molecule has 3 N–H and O–H groups in total. The number of carbonyl (C=O) groups excluding carboxylic acids is 4. The second kappa shape index (κ2) is 8.54. The molecule has 192 valence electrons. The zero-order valence-corrected chi connectivity index (χ0v) is 20.6. The number of esters is 1. The molecule has 1 amide bonds. The summed E-state index contributed by atoms with van der Waals surface area (Å²) in [6.07, 6.45) is 0.102. The maximum absolute atomic E-state index is 13.8. The van der Waals surface area contributed by atoms with Gasteiger partial charge >= 0.3 is 11.9 Å². The lowest BCUT2D eigenvalue weighted by Gasteiger charge is -2.64. The predicted molar refractivity (Wildman–Crippen MR) is 123 cm³/mol. The number of amides is 1. The average molecular weight is 490 g/mol. The van der Waals surface area contributed by atoms with Crippen LogP contribution in [0.4, 0.5) is 0 Å². The zero-order chi connectivity index (χ0) is 25.9. The van der Waals surface area contributed by atoms with Gasteiger partial charge in [0.05, 0.1) is 17.9 Å². The lowest BCUT2D eigenvalue weighted by atomic mass is 9.39. The molecule has 0 aromatic carbocycles. The number of aliphatic carboxylic acids is 1. The molecule has 0 saturated heterocycles. The zero-order valence-electron chi connectivity index (χ0n) is 20.6. The van der Waals surface area contributed by atoms with Gasteiger partial charge in [0.15, 0.2) is 5.78 Å². The molecule has 2 bridgehead atoms. The molecule has 0 aliphatic heterocycles. The topological polar surface area (TPSA) is 147 Å². The molecule has 4 fully saturated rings. The van der Waals surface area contributed by atoms with E-state index in [1.807, 2.05) is 13.8 Å². The normalized spacial score (nSPS) is 39.4. The average Bonchev–Trinajstić information content (AvgIpc) is 2.89. The number of Topliss-reactive ketones (excluding diaryl/α,β-unsaturated/α-hetero) is 2. The third-order valence-corrected chi connectivity index (χ3v) is 9.67. The van der Waals surface area contributed by atoms with Crippen molar-refractivity contribution in [3.8, 4) is 0 Å². The van der Waals surface area contributed by atoms with E-state index in [0.29, 0.717) is 31.3 Å². The summed E-state index contributed by atoms with van der Waals surface area (Å²) in [7, 11) is 0. The minimum absolute atomic E-state index is 0.144. The van der Waals surface area contributed by atoms with Gasteiger partial charge in [-0.15, -0.1) is 0 Å². The van der Waals surface area contributed by atoms with Gasteiger partial charge in [-0.05, 0) is 48.5 Å². The number of carboxylic acids is 1. The van der Waals surface area contributed by atoms with Gasteiger partial charge in [0, 0.05) is 24.2 Å². The van der Waals surface area contributed by atoms with Crippen LogP contribution in [0.5, 0.6) is 0 Å². The van der Waals surface area contributed by atoms with Gasteiger partial charge in [-0.3, -0.25) is 24.0 Å². The van der Waals surface area contributed by atoms with Crippen LogP contribution in [-0.2, 0) is 28.7 Å². The molecule has 0 radical (unpaired) electrons. The number of ketones is 2. The van der Waals surface area contributed by atoms with Crippen LogP contribution in [-0.4, -0.2) is 58.4 Å². The van der Waals surface area contributed by atoms with Crippen LogP contribution >= 0.6 is 0 Å². The van der Waals surface area contributed by atoms with Gasteiger partial charge in [0.25, 0.3) is 0 Å². The number of aliphatic hydroxyl groups is 1. The van der Waals surface area contributed by atoms with Crippen molar-refractivity contribution in [1.82, 2.24) is 5.32 Å². The molecule has 4 aliphatic rings. The molecule has 0 aromatic rings. The Morgan fingerprint density at radius 1 is 1.11 bits per heavy atom. The smallest absolute Gasteiger partial charge is 0.322 e. The van der Waals surface area contributed by atoms with Crippen molar-refractivity contribution in [2.75, 3.05) is 6.54 Å². The van der Waals surface area contributed by atoms with Crippen molar-refractivity contribution in [1.29, 1.82) is 0 Å². The summed E-state index contributed by atoms with van der Waals surface area (Å²) in [6, 6.07) is 0. The highest BCUT2D eigenvalue weighted by Gasteiger charge is 2.75.